The highest BCUT2D eigenvalue weighted by Gasteiger charge is 2.10. The molecule has 0 unspecified atom stereocenters. The zero-order valence-electron chi connectivity index (χ0n) is 12.9. The monoisotopic (exact) mass is 318 g/mol. The first-order valence-electron chi connectivity index (χ1n) is 7.42. The Kier molecular flexibility index (Phi) is 3.31. The Morgan fingerprint density at radius 1 is 1.04 bits per heavy atom. The second-order valence-corrected chi connectivity index (χ2v) is 5.28. The average molecular weight is 318 g/mol. The summed E-state index contributed by atoms with van der Waals surface area (Å²) in [6.45, 7) is 0. The van der Waals surface area contributed by atoms with Crippen molar-refractivity contribution in [2.75, 3.05) is 17.7 Å². The van der Waals surface area contributed by atoms with Crippen molar-refractivity contribution in [2.24, 2.45) is 0 Å². The van der Waals surface area contributed by atoms with Crippen molar-refractivity contribution in [2.45, 2.75) is 0 Å². The maximum atomic E-state index is 12.3. The topological polar surface area (TPSA) is 95.6 Å². The van der Waals surface area contributed by atoms with Crippen molar-refractivity contribution in [3.8, 4) is 0 Å². The fourth-order valence-electron chi connectivity index (χ4n) is 2.55. The summed E-state index contributed by atoms with van der Waals surface area (Å²) in [5.41, 5.74) is 2.14. The molecule has 118 valence electrons. The molecule has 7 nitrogen and oxygen atoms in total. The number of amides is 1. The van der Waals surface area contributed by atoms with Gasteiger partial charge < -0.3 is 15.6 Å². The predicted molar refractivity (Wildman–Crippen MR) is 93.1 cm³/mol. The molecule has 4 aromatic heterocycles. The van der Waals surface area contributed by atoms with Crippen LogP contribution >= 0.6 is 0 Å². The Bertz CT molecular complexity index is 1040. The molecule has 4 heterocycles. The molecule has 4 rings (SSSR count). The lowest BCUT2D eigenvalue weighted by Crippen LogP contribution is -2.13. The van der Waals surface area contributed by atoms with E-state index in [2.05, 4.69) is 30.6 Å². The first-order chi connectivity index (χ1) is 11.7. The first-order valence-corrected chi connectivity index (χ1v) is 7.42. The quantitative estimate of drug-likeness (QED) is 0.540. The van der Waals surface area contributed by atoms with Crippen LogP contribution in [0.4, 0.5) is 11.6 Å². The number of anilines is 2. The number of carbonyl (C=O) groups is 1. The van der Waals surface area contributed by atoms with Gasteiger partial charge in [-0.2, -0.15) is 0 Å². The van der Waals surface area contributed by atoms with Gasteiger partial charge in [-0.3, -0.25) is 9.78 Å². The number of aromatic amines is 1. The average Bonchev–Trinajstić information content (AvgIpc) is 2.99. The third kappa shape index (κ3) is 2.41. The van der Waals surface area contributed by atoms with Crippen LogP contribution in [0, 0.1) is 0 Å². The van der Waals surface area contributed by atoms with Crippen LogP contribution in [-0.4, -0.2) is 32.9 Å². The van der Waals surface area contributed by atoms with Gasteiger partial charge in [-0.15, -0.1) is 0 Å². The summed E-state index contributed by atoms with van der Waals surface area (Å²) in [5.74, 6) is 0.928. The van der Waals surface area contributed by atoms with Crippen LogP contribution in [0.3, 0.4) is 0 Å². The van der Waals surface area contributed by atoms with Crippen LogP contribution in [0.2, 0.25) is 0 Å². The third-order valence-corrected chi connectivity index (χ3v) is 3.78. The Hall–Kier alpha value is -3.48. The van der Waals surface area contributed by atoms with Gasteiger partial charge in [0, 0.05) is 36.4 Å². The number of carbonyl (C=O) groups excluding carboxylic acids is 1. The summed E-state index contributed by atoms with van der Waals surface area (Å²) in [7, 11) is 1.77. The standard InChI is InChI=1S/C17H14N6O/c1-18-14-4-2-10(8-20-14)17(24)23-15-5-3-11-12-9-19-7-6-13(12)21-16(11)22-15/h2-9H,1H3,(H,18,20)(H2,21,22,23,24). The zero-order valence-corrected chi connectivity index (χ0v) is 12.9. The molecular formula is C17H14N6O. The van der Waals surface area contributed by atoms with Crippen molar-refractivity contribution in [1.82, 2.24) is 19.9 Å². The van der Waals surface area contributed by atoms with E-state index in [9.17, 15) is 4.79 Å². The highest BCUT2D eigenvalue weighted by atomic mass is 16.1. The summed E-state index contributed by atoms with van der Waals surface area (Å²) in [6.07, 6.45) is 5.04. The fraction of sp³-hybridized carbons (Fsp3) is 0.0588. The molecule has 0 radical (unpaired) electrons. The lowest BCUT2D eigenvalue weighted by atomic mass is 10.2. The molecule has 0 saturated heterocycles. The van der Waals surface area contributed by atoms with Gasteiger partial charge in [-0.1, -0.05) is 0 Å². The summed E-state index contributed by atoms with van der Waals surface area (Å²) >= 11 is 0. The Labute approximate surface area is 137 Å². The van der Waals surface area contributed by atoms with Crippen molar-refractivity contribution < 1.29 is 4.79 Å². The molecule has 0 saturated carbocycles. The minimum atomic E-state index is -0.255. The Balaban J connectivity index is 1.63. The molecule has 0 atom stereocenters. The number of nitrogens with zero attached hydrogens (tertiary/aromatic N) is 3. The second kappa shape index (κ2) is 5.62. The van der Waals surface area contributed by atoms with Gasteiger partial charge in [0.25, 0.3) is 5.91 Å². The molecule has 0 aliphatic carbocycles. The molecule has 1 amide bonds. The minimum absolute atomic E-state index is 0.255. The maximum Gasteiger partial charge on any atom is 0.258 e. The molecule has 0 fully saturated rings. The summed E-state index contributed by atoms with van der Waals surface area (Å²) < 4.78 is 0. The molecule has 3 N–H and O–H groups in total. The number of rotatable bonds is 3. The summed E-state index contributed by atoms with van der Waals surface area (Å²) in [6, 6.07) is 9.04. The van der Waals surface area contributed by atoms with Gasteiger partial charge in [0.15, 0.2) is 0 Å². The third-order valence-electron chi connectivity index (χ3n) is 3.78. The minimum Gasteiger partial charge on any atom is -0.373 e. The van der Waals surface area contributed by atoms with Gasteiger partial charge in [0.2, 0.25) is 0 Å². The highest BCUT2D eigenvalue weighted by Crippen LogP contribution is 2.24. The van der Waals surface area contributed by atoms with Gasteiger partial charge >= 0.3 is 0 Å². The van der Waals surface area contributed by atoms with Crippen molar-refractivity contribution in [3.63, 3.8) is 0 Å². The molecule has 0 aliphatic heterocycles. The molecule has 0 aliphatic rings. The van der Waals surface area contributed by atoms with Crippen molar-refractivity contribution in [3.05, 3.63) is 54.5 Å². The van der Waals surface area contributed by atoms with Gasteiger partial charge in [-0.25, -0.2) is 9.97 Å². The summed E-state index contributed by atoms with van der Waals surface area (Å²) in [4.78, 5) is 28.2. The van der Waals surface area contributed by atoms with Gasteiger partial charge in [-0.05, 0) is 30.3 Å². The van der Waals surface area contributed by atoms with Gasteiger partial charge in [0.1, 0.15) is 17.3 Å². The van der Waals surface area contributed by atoms with E-state index in [0.29, 0.717) is 22.8 Å². The number of hydrogen-bond donors (Lipinski definition) is 3. The van der Waals surface area contributed by atoms with Gasteiger partial charge in [0.05, 0.1) is 11.1 Å². The van der Waals surface area contributed by atoms with Crippen LogP contribution in [0.25, 0.3) is 21.9 Å². The van der Waals surface area contributed by atoms with E-state index in [1.54, 1.807) is 37.6 Å². The second-order valence-electron chi connectivity index (χ2n) is 5.28. The number of nitrogens with one attached hydrogen (secondary N) is 3. The van der Waals surface area contributed by atoms with E-state index in [4.69, 9.17) is 0 Å². The molecule has 24 heavy (non-hydrogen) atoms. The predicted octanol–water partition coefficient (Wildman–Crippen LogP) is 2.80. The van der Waals surface area contributed by atoms with Crippen molar-refractivity contribution >= 4 is 39.5 Å². The molecule has 7 heteroatoms. The van der Waals surface area contributed by atoms with Crippen LogP contribution in [0.5, 0.6) is 0 Å². The molecule has 0 aromatic carbocycles. The molecule has 4 aromatic rings. The smallest absolute Gasteiger partial charge is 0.258 e. The highest BCUT2D eigenvalue weighted by molar-refractivity contribution is 6.07. The number of hydrogen-bond acceptors (Lipinski definition) is 5. The van der Waals surface area contributed by atoms with E-state index in [0.717, 1.165) is 16.3 Å². The van der Waals surface area contributed by atoms with Crippen LogP contribution in [-0.2, 0) is 0 Å². The SMILES string of the molecule is CNc1ccc(C(=O)Nc2ccc3c(n2)[nH]c2ccncc23)cn1. The van der Waals surface area contributed by atoms with Crippen LogP contribution < -0.4 is 10.6 Å². The Morgan fingerprint density at radius 2 is 1.92 bits per heavy atom. The normalized spacial score (nSPS) is 10.9. The van der Waals surface area contributed by atoms with E-state index in [1.165, 1.54) is 6.20 Å². The van der Waals surface area contributed by atoms with E-state index < -0.39 is 0 Å². The number of aromatic nitrogens is 4. The van der Waals surface area contributed by atoms with Crippen LogP contribution in [0.1, 0.15) is 10.4 Å². The number of pyridine rings is 3. The summed E-state index contributed by atoms with van der Waals surface area (Å²) in [5, 5.41) is 7.67. The first kappa shape index (κ1) is 14.1. The number of fused-ring (bicyclic) bond motifs is 3. The largest absolute Gasteiger partial charge is 0.373 e. The van der Waals surface area contributed by atoms with E-state index in [-0.39, 0.29) is 5.91 Å². The van der Waals surface area contributed by atoms with E-state index >= 15 is 0 Å². The maximum absolute atomic E-state index is 12.3. The Morgan fingerprint density at radius 3 is 2.71 bits per heavy atom. The zero-order chi connectivity index (χ0) is 16.5. The molecule has 0 bridgehead atoms. The molecular weight excluding hydrogens is 304 g/mol. The lowest BCUT2D eigenvalue weighted by molar-refractivity contribution is 0.102. The fourth-order valence-corrected chi connectivity index (χ4v) is 2.55. The lowest BCUT2D eigenvalue weighted by Gasteiger charge is -2.05. The van der Waals surface area contributed by atoms with E-state index in [1.807, 2.05) is 12.1 Å². The van der Waals surface area contributed by atoms with Crippen LogP contribution in [0.15, 0.2) is 48.9 Å². The van der Waals surface area contributed by atoms with Crippen molar-refractivity contribution in [1.29, 1.82) is 0 Å². The molecule has 0 spiro atoms. The number of H-pyrrole nitrogens is 1.